The van der Waals surface area contributed by atoms with Crippen molar-refractivity contribution in [2.45, 2.75) is 26.7 Å². The molecule has 1 saturated heterocycles. The zero-order chi connectivity index (χ0) is 13.0. The number of aromatic nitrogens is 2. The van der Waals surface area contributed by atoms with E-state index in [2.05, 4.69) is 21.8 Å². The molecule has 1 aromatic heterocycles. The first-order chi connectivity index (χ1) is 8.67. The van der Waals surface area contributed by atoms with Gasteiger partial charge in [-0.25, -0.2) is 9.97 Å². The van der Waals surface area contributed by atoms with E-state index in [1.54, 1.807) is 0 Å². The lowest BCUT2D eigenvalue weighted by molar-refractivity contribution is 0.123. The fourth-order valence-corrected chi connectivity index (χ4v) is 2.37. The Balaban J connectivity index is 2.13. The summed E-state index contributed by atoms with van der Waals surface area (Å²) in [6.07, 6.45) is 3.67. The molecule has 0 amide bonds. The van der Waals surface area contributed by atoms with Crippen LogP contribution in [-0.4, -0.2) is 41.4 Å². The van der Waals surface area contributed by atoms with Crippen LogP contribution >= 0.6 is 0 Å². The smallest absolute Gasteiger partial charge is 0.218 e. The largest absolute Gasteiger partial charge is 0.478 e. The van der Waals surface area contributed by atoms with Gasteiger partial charge >= 0.3 is 0 Å². The molecule has 1 fully saturated rings. The molecule has 1 N–H and O–H groups in total. The lowest BCUT2D eigenvalue weighted by Crippen LogP contribution is -2.44. The predicted molar refractivity (Wildman–Crippen MR) is 69.8 cm³/mol. The molecule has 1 atom stereocenters. The second-order valence-electron chi connectivity index (χ2n) is 5.14. The van der Waals surface area contributed by atoms with Crippen molar-refractivity contribution in [1.29, 1.82) is 0 Å². The monoisotopic (exact) mass is 251 g/mol. The van der Waals surface area contributed by atoms with Crippen molar-refractivity contribution in [2.24, 2.45) is 5.41 Å². The number of hydrogen-bond donors (Lipinski definition) is 1. The average molecular weight is 251 g/mol. The van der Waals surface area contributed by atoms with Crippen LogP contribution in [0.3, 0.4) is 0 Å². The van der Waals surface area contributed by atoms with Crippen LogP contribution in [0.2, 0.25) is 0 Å². The highest BCUT2D eigenvalue weighted by Gasteiger charge is 2.31. The minimum absolute atomic E-state index is 0.0328. The molecule has 5 heteroatoms. The molecule has 1 aliphatic heterocycles. The number of aliphatic hydroxyl groups excluding tert-OH is 1. The van der Waals surface area contributed by atoms with Gasteiger partial charge in [0.2, 0.25) is 5.88 Å². The minimum atomic E-state index is -0.0328. The van der Waals surface area contributed by atoms with Gasteiger partial charge in [-0.3, -0.25) is 0 Å². The number of piperidine rings is 1. The highest BCUT2D eigenvalue weighted by molar-refractivity contribution is 5.41. The summed E-state index contributed by atoms with van der Waals surface area (Å²) < 4.78 is 5.39. The third kappa shape index (κ3) is 2.90. The number of anilines is 1. The van der Waals surface area contributed by atoms with Crippen molar-refractivity contribution >= 4 is 5.82 Å². The Morgan fingerprint density at radius 3 is 3.06 bits per heavy atom. The average Bonchev–Trinajstić information content (AvgIpc) is 2.40. The Morgan fingerprint density at radius 2 is 2.33 bits per heavy atom. The van der Waals surface area contributed by atoms with E-state index < -0.39 is 0 Å². The first kappa shape index (κ1) is 13.1. The lowest BCUT2D eigenvalue weighted by atomic mass is 9.83. The SMILES string of the molecule is CCOc1cc(N2CCCC(C)(CO)C2)ncn1. The van der Waals surface area contributed by atoms with Crippen LogP contribution in [0, 0.1) is 5.41 Å². The van der Waals surface area contributed by atoms with Crippen LogP contribution in [0.15, 0.2) is 12.4 Å². The van der Waals surface area contributed by atoms with E-state index in [9.17, 15) is 5.11 Å². The Labute approximate surface area is 108 Å². The van der Waals surface area contributed by atoms with Crippen LogP contribution in [0.25, 0.3) is 0 Å². The van der Waals surface area contributed by atoms with Crippen molar-refractivity contribution in [2.75, 3.05) is 31.2 Å². The van der Waals surface area contributed by atoms with Crippen molar-refractivity contribution in [1.82, 2.24) is 9.97 Å². The van der Waals surface area contributed by atoms with Crippen molar-refractivity contribution in [3.63, 3.8) is 0 Å². The zero-order valence-electron chi connectivity index (χ0n) is 11.1. The first-order valence-electron chi connectivity index (χ1n) is 6.47. The fraction of sp³-hybridized carbons (Fsp3) is 0.692. The molecule has 0 spiro atoms. The van der Waals surface area contributed by atoms with Gasteiger partial charge in [0.25, 0.3) is 0 Å². The summed E-state index contributed by atoms with van der Waals surface area (Å²) in [7, 11) is 0. The van der Waals surface area contributed by atoms with Gasteiger partial charge in [0.1, 0.15) is 12.1 Å². The highest BCUT2D eigenvalue weighted by Crippen LogP contribution is 2.31. The Hall–Kier alpha value is -1.36. The van der Waals surface area contributed by atoms with Gasteiger partial charge < -0.3 is 14.7 Å². The maximum atomic E-state index is 9.47. The van der Waals surface area contributed by atoms with Gasteiger partial charge in [-0.1, -0.05) is 6.92 Å². The summed E-state index contributed by atoms with van der Waals surface area (Å²) in [5.41, 5.74) is -0.0328. The Kier molecular flexibility index (Phi) is 4.01. The van der Waals surface area contributed by atoms with Gasteiger partial charge in [0, 0.05) is 24.6 Å². The quantitative estimate of drug-likeness (QED) is 0.878. The van der Waals surface area contributed by atoms with E-state index in [1.165, 1.54) is 6.33 Å². The zero-order valence-corrected chi connectivity index (χ0v) is 11.1. The third-order valence-corrected chi connectivity index (χ3v) is 3.41. The maximum Gasteiger partial charge on any atom is 0.218 e. The van der Waals surface area contributed by atoms with Crippen LogP contribution in [0.5, 0.6) is 5.88 Å². The summed E-state index contributed by atoms with van der Waals surface area (Å²) in [5.74, 6) is 1.49. The molecule has 0 bridgehead atoms. The molecule has 1 aromatic rings. The highest BCUT2D eigenvalue weighted by atomic mass is 16.5. The van der Waals surface area contributed by atoms with Gasteiger partial charge in [-0.15, -0.1) is 0 Å². The van der Waals surface area contributed by atoms with Gasteiger partial charge in [-0.05, 0) is 19.8 Å². The number of hydrogen-bond acceptors (Lipinski definition) is 5. The summed E-state index contributed by atoms with van der Waals surface area (Å²) in [6.45, 7) is 6.66. The fourth-order valence-electron chi connectivity index (χ4n) is 2.37. The first-order valence-corrected chi connectivity index (χ1v) is 6.47. The number of aliphatic hydroxyl groups is 1. The molecule has 0 saturated carbocycles. The number of ether oxygens (including phenoxy) is 1. The van der Waals surface area contributed by atoms with Crippen LogP contribution in [0.1, 0.15) is 26.7 Å². The molecule has 18 heavy (non-hydrogen) atoms. The predicted octanol–water partition coefficient (Wildman–Crippen LogP) is 1.47. The summed E-state index contributed by atoms with van der Waals surface area (Å²) in [4.78, 5) is 10.6. The summed E-state index contributed by atoms with van der Waals surface area (Å²) in [6, 6.07) is 1.87. The molecule has 1 unspecified atom stereocenters. The Bertz CT molecular complexity index is 400. The molecule has 100 valence electrons. The van der Waals surface area contributed by atoms with Gasteiger partial charge in [0.15, 0.2) is 0 Å². The maximum absolute atomic E-state index is 9.47. The minimum Gasteiger partial charge on any atom is -0.478 e. The molecule has 0 radical (unpaired) electrons. The van der Waals surface area contributed by atoms with Crippen molar-refractivity contribution < 1.29 is 9.84 Å². The van der Waals surface area contributed by atoms with E-state index in [1.807, 2.05) is 13.0 Å². The second kappa shape index (κ2) is 5.52. The molecule has 1 aliphatic rings. The third-order valence-electron chi connectivity index (χ3n) is 3.41. The molecule has 0 aromatic carbocycles. The normalized spacial score (nSPS) is 24.1. The van der Waals surface area contributed by atoms with E-state index in [-0.39, 0.29) is 12.0 Å². The van der Waals surface area contributed by atoms with Crippen LogP contribution in [-0.2, 0) is 0 Å². The molecule has 2 rings (SSSR count). The molecular weight excluding hydrogens is 230 g/mol. The molecule has 5 nitrogen and oxygen atoms in total. The van der Waals surface area contributed by atoms with Crippen LogP contribution < -0.4 is 9.64 Å². The van der Waals surface area contributed by atoms with Crippen LogP contribution in [0.4, 0.5) is 5.82 Å². The van der Waals surface area contributed by atoms with Crippen molar-refractivity contribution in [3.05, 3.63) is 12.4 Å². The van der Waals surface area contributed by atoms with Gasteiger partial charge in [0.05, 0.1) is 13.2 Å². The molecular formula is C13H21N3O2. The molecule has 0 aliphatic carbocycles. The van der Waals surface area contributed by atoms with E-state index >= 15 is 0 Å². The standard InChI is InChI=1S/C13H21N3O2/c1-3-18-12-7-11(14-10-15-12)16-6-4-5-13(2,8-16)9-17/h7,10,17H,3-6,8-9H2,1-2H3. The Morgan fingerprint density at radius 1 is 1.50 bits per heavy atom. The van der Waals surface area contributed by atoms with E-state index in [0.29, 0.717) is 12.5 Å². The van der Waals surface area contributed by atoms with E-state index in [4.69, 9.17) is 4.74 Å². The molecule has 2 heterocycles. The van der Waals surface area contributed by atoms with E-state index in [0.717, 1.165) is 31.7 Å². The van der Waals surface area contributed by atoms with Gasteiger partial charge in [-0.2, -0.15) is 0 Å². The summed E-state index contributed by atoms with van der Waals surface area (Å²) in [5, 5.41) is 9.47. The lowest BCUT2D eigenvalue weighted by Gasteiger charge is -2.39. The summed E-state index contributed by atoms with van der Waals surface area (Å²) >= 11 is 0. The topological polar surface area (TPSA) is 58.5 Å². The number of nitrogens with zero attached hydrogens (tertiary/aromatic N) is 3. The second-order valence-corrected chi connectivity index (χ2v) is 5.14. The number of rotatable bonds is 4. The van der Waals surface area contributed by atoms with Crippen molar-refractivity contribution in [3.8, 4) is 5.88 Å².